The van der Waals surface area contributed by atoms with Crippen LogP contribution in [0.15, 0.2) is 11.6 Å². The number of epoxide rings is 1. The number of carbonyl (C=O) groups is 2. The third-order valence-corrected chi connectivity index (χ3v) is 5.90. The van der Waals surface area contributed by atoms with E-state index >= 15 is 0 Å². The van der Waals surface area contributed by atoms with Gasteiger partial charge in [0.1, 0.15) is 0 Å². The van der Waals surface area contributed by atoms with Crippen LogP contribution in [0.4, 0.5) is 0 Å². The number of esters is 2. The molecule has 0 bridgehead atoms. The average molecular weight is 292 g/mol. The van der Waals surface area contributed by atoms with Crippen molar-refractivity contribution in [1.82, 2.24) is 0 Å². The van der Waals surface area contributed by atoms with Crippen LogP contribution in [0.2, 0.25) is 0 Å². The minimum Gasteiger partial charge on any atom is -0.466 e. The molecule has 5 nitrogen and oxygen atoms in total. The zero-order chi connectivity index (χ0) is 15.0. The third-order valence-electron chi connectivity index (χ3n) is 5.90. The van der Waals surface area contributed by atoms with Gasteiger partial charge < -0.3 is 14.2 Å². The number of methoxy groups -OCH3 is 1. The number of hydrogen-bond donors (Lipinski definition) is 0. The van der Waals surface area contributed by atoms with E-state index in [2.05, 4.69) is 13.8 Å². The number of allylic oxidation sites excluding steroid dienone is 1. The van der Waals surface area contributed by atoms with Crippen LogP contribution in [0, 0.1) is 22.7 Å². The summed E-state index contributed by atoms with van der Waals surface area (Å²) in [5, 5.41) is 0. The quantitative estimate of drug-likeness (QED) is 0.541. The molecule has 0 aromatic heterocycles. The fourth-order valence-corrected chi connectivity index (χ4v) is 5.19. The van der Waals surface area contributed by atoms with Crippen molar-refractivity contribution >= 4 is 11.9 Å². The molecular formula is C16H20O5. The van der Waals surface area contributed by atoms with E-state index in [1.165, 1.54) is 7.11 Å². The molecule has 2 saturated heterocycles. The van der Waals surface area contributed by atoms with Gasteiger partial charge in [-0.2, -0.15) is 0 Å². The normalized spacial score (nSPS) is 45.7. The summed E-state index contributed by atoms with van der Waals surface area (Å²) in [6, 6.07) is 0. The zero-order valence-corrected chi connectivity index (χ0v) is 12.6. The van der Waals surface area contributed by atoms with E-state index in [1.807, 2.05) is 6.08 Å². The highest BCUT2D eigenvalue weighted by Gasteiger charge is 2.79. The molecule has 114 valence electrons. The maximum Gasteiger partial charge on any atom is 0.341 e. The Morgan fingerprint density at radius 1 is 1.43 bits per heavy atom. The van der Waals surface area contributed by atoms with Gasteiger partial charge in [-0.25, -0.2) is 9.59 Å². The van der Waals surface area contributed by atoms with Crippen molar-refractivity contribution in [3.63, 3.8) is 0 Å². The smallest absolute Gasteiger partial charge is 0.341 e. The highest BCUT2D eigenvalue weighted by molar-refractivity contribution is 5.93. The van der Waals surface area contributed by atoms with Crippen molar-refractivity contribution in [2.24, 2.45) is 22.7 Å². The molecule has 2 aliphatic heterocycles. The predicted molar refractivity (Wildman–Crippen MR) is 72.2 cm³/mol. The Morgan fingerprint density at radius 3 is 2.76 bits per heavy atom. The van der Waals surface area contributed by atoms with Crippen LogP contribution in [0.25, 0.3) is 0 Å². The summed E-state index contributed by atoms with van der Waals surface area (Å²) in [6.07, 6.45) is 3.86. The van der Waals surface area contributed by atoms with Gasteiger partial charge in [-0.05, 0) is 24.2 Å². The van der Waals surface area contributed by atoms with Crippen LogP contribution in [0.1, 0.15) is 26.7 Å². The number of cyclic esters (lactones) is 1. The van der Waals surface area contributed by atoms with E-state index in [0.717, 1.165) is 12.8 Å². The Morgan fingerprint density at radius 2 is 2.14 bits per heavy atom. The van der Waals surface area contributed by atoms with Crippen LogP contribution in [-0.2, 0) is 23.8 Å². The van der Waals surface area contributed by atoms with Crippen molar-refractivity contribution < 1.29 is 23.8 Å². The first-order valence-corrected chi connectivity index (χ1v) is 7.47. The summed E-state index contributed by atoms with van der Waals surface area (Å²) in [7, 11) is 1.39. The molecule has 1 saturated carbocycles. The van der Waals surface area contributed by atoms with Gasteiger partial charge in [-0.1, -0.05) is 19.9 Å². The Balaban J connectivity index is 1.85. The number of hydrogen-bond acceptors (Lipinski definition) is 5. The molecule has 0 N–H and O–H groups in total. The molecule has 21 heavy (non-hydrogen) atoms. The number of ether oxygens (including phenoxy) is 3. The Labute approximate surface area is 123 Å². The van der Waals surface area contributed by atoms with Crippen LogP contribution in [0.3, 0.4) is 0 Å². The monoisotopic (exact) mass is 292 g/mol. The standard InChI is InChI=1S/C16H20O5/c1-14(2)5-9-4-10(12(17)19-3)11-6-20-13(18)16(8-21-16)15(9,11)7-14/h4,9,11H,5-8H2,1-3H3/t9-,11+,15-,16+/m1/s1. The van der Waals surface area contributed by atoms with Gasteiger partial charge in [0.15, 0.2) is 5.60 Å². The highest BCUT2D eigenvalue weighted by atomic mass is 16.6. The second-order valence-corrected chi connectivity index (χ2v) is 7.57. The van der Waals surface area contributed by atoms with Crippen molar-refractivity contribution in [3.05, 3.63) is 11.6 Å². The third kappa shape index (κ3) is 1.40. The largest absolute Gasteiger partial charge is 0.466 e. The molecule has 2 aliphatic carbocycles. The molecule has 0 aromatic rings. The molecule has 4 aliphatic rings. The first-order valence-electron chi connectivity index (χ1n) is 7.47. The summed E-state index contributed by atoms with van der Waals surface area (Å²) in [5.41, 5.74) is -0.353. The zero-order valence-electron chi connectivity index (χ0n) is 12.6. The lowest BCUT2D eigenvalue weighted by molar-refractivity contribution is -0.174. The molecule has 2 spiro atoms. The topological polar surface area (TPSA) is 65.1 Å². The van der Waals surface area contributed by atoms with Crippen LogP contribution < -0.4 is 0 Å². The molecule has 2 heterocycles. The van der Waals surface area contributed by atoms with Crippen LogP contribution >= 0.6 is 0 Å². The van der Waals surface area contributed by atoms with E-state index in [-0.39, 0.29) is 41.2 Å². The molecule has 5 heteroatoms. The summed E-state index contributed by atoms with van der Waals surface area (Å²) in [4.78, 5) is 24.4. The van der Waals surface area contributed by atoms with E-state index < -0.39 is 5.60 Å². The maximum atomic E-state index is 12.3. The van der Waals surface area contributed by atoms with E-state index in [1.54, 1.807) is 0 Å². The number of rotatable bonds is 1. The Hall–Kier alpha value is -1.36. The van der Waals surface area contributed by atoms with Crippen molar-refractivity contribution in [1.29, 1.82) is 0 Å². The lowest BCUT2D eigenvalue weighted by atomic mass is 9.61. The first kappa shape index (κ1) is 13.3. The van der Waals surface area contributed by atoms with Gasteiger partial charge in [0, 0.05) is 16.9 Å². The lowest BCUT2D eigenvalue weighted by Crippen LogP contribution is -2.56. The van der Waals surface area contributed by atoms with Crippen molar-refractivity contribution in [2.75, 3.05) is 20.3 Å². The Kier molecular flexibility index (Phi) is 2.34. The first-order chi connectivity index (χ1) is 9.86. The van der Waals surface area contributed by atoms with Crippen molar-refractivity contribution in [3.8, 4) is 0 Å². The molecule has 4 rings (SSSR count). The van der Waals surface area contributed by atoms with E-state index in [4.69, 9.17) is 14.2 Å². The Bertz CT molecular complexity index is 571. The van der Waals surface area contributed by atoms with Gasteiger partial charge in [0.25, 0.3) is 0 Å². The molecule has 0 aromatic carbocycles. The SMILES string of the molecule is COC(=O)C1=C[C@@H]2CC(C)(C)C[C@]23[C@H]1COC(=O)[C@@]31CO1. The van der Waals surface area contributed by atoms with Gasteiger partial charge >= 0.3 is 11.9 Å². The molecular weight excluding hydrogens is 272 g/mol. The van der Waals surface area contributed by atoms with Gasteiger partial charge in [0.05, 0.1) is 20.3 Å². The average Bonchev–Trinajstić information content (AvgIpc) is 3.10. The molecule has 0 amide bonds. The van der Waals surface area contributed by atoms with Crippen LogP contribution in [0.5, 0.6) is 0 Å². The predicted octanol–water partition coefficient (Wildman–Crippen LogP) is 1.46. The summed E-state index contributed by atoms with van der Waals surface area (Å²) >= 11 is 0. The minimum absolute atomic E-state index is 0.100. The summed E-state index contributed by atoms with van der Waals surface area (Å²) in [5.74, 6) is -0.472. The van der Waals surface area contributed by atoms with Crippen molar-refractivity contribution in [2.45, 2.75) is 32.3 Å². The molecule has 3 fully saturated rings. The van der Waals surface area contributed by atoms with Gasteiger partial charge in [-0.3, -0.25) is 0 Å². The fourth-order valence-electron chi connectivity index (χ4n) is 5.19. The fraction of sp³-hybridized carbons (Fsp3) is 0.750. The summed E-state index contributed by atoms with van der Waals surface area (Å²) < 4.78 is 15.9. The molecule has 0 radical (unpaired) electrons. The molecule has 0 unspecified atom stereocenters. The molecule has 4 atom stereocenters. The van der Waals surface area contributed by atoms with E-state index in [9.17, 15) is 9.59 Å². The summed E-state index contributed by atoms with van der Waals surface area (Å²) in [6.45, 7) is 5.12. The maximum absolute atomic E-state index is 12.3. The lowest BCUT2D eigenvalue weighted by Gasteiger charge is -2.44. The van der Waals surface area contributed by atoms with E-state index in [0.29, 0.717) is 12.2 Å². The second kappa shape index (κ2) is 3.69. The second-order valence-electron chi connectivity index (χ2n) is 7.57. The number of carbonyl (C=O) groups excluding carboxylic acids is 2. The minimum atomic E-state index is -0.833. The highest BCUT2D eigenvalue weighted by Crippen LogP contribution is 2.71. The van der Waals surface area contributed by atoms with Gasteiger partial charge in [-0.15, -0.1) is 0 Å². The van der Waals surface area contributed by atoms with Crippen LogP contribution in [-0.4, -0.2) is 37.9 Å². The van der Waals surface area contributed by atoms with Gasteiger partial charge in [0.2, 0.25) is 0 Å².